The van der Waals surface area contributed by atoms with Crippen molar-refractivity contribution in [3.05, 3.63) is 0 Å². The topological polar surface area (TPSA) is 29.3 Å². The van der Waals surface area contributed by atoms with Crippen LogP contribution in [0.15, 0.2) is 0 Å². The molecule has 0 aromatic heterocycles. The number of hydrogen-bond acceptors (Lipinski definition) is 2. The number of likely N-dealkylation sites (tertiary alicyclic amines) is 1. The van der Waals surface area contributed by atoms with Gasteiger partial charge < -0.3 is 10.6 Å². The summed E-state index contributed by atoms with van der Waals surface area (Å²) in [6, 6.07) is 0. The summed E-state index contributed by atoms with van der Waals surface area (Å²) in [7, 11) is 0. The van der Waals surface area contributed by atoms with Crippen LogP contribution in [0.2, 0.25) is 0 Å². The second-order valence-corrected chi connectivity index (χ2v) is 4.80. The van der Waals surface area contributed by atoms with Gasteiger partial charge in [-0.3, -0.25) is 0 Å². The molecule has 2 fully saturated rings. The lowest BCUT2D eigenvalue weighted by Gasteiger charge is -2.37. The maximum Gasteiger partial charge on any atom is 0.00218 e. The van der Waals surface area contributed by atoms with Crippen molar-refractivity contribution in [2.24, 2.45) is 17.6 Å². The van der Waals surface area contributed by atoms with E-state index in [1.54, 1.807) is 0 Å². The molecule has 0 spiro atoms. The van der Waals surface area contributed by atoms with Crippen molar-refractivity contribution in [2.45, 2.75) is 32.1 Å². The molecule has 1 atom stereocenters. The molecule has 2 N–H and O–H groups in total. The van der Waals surface area contributed by atoms with Crippen LogP contribution in [0.1, 0.15) is 32.1 Å². The fourth-order valence-corrected chi connectivity index (χ4v) is 2.55. The Kier molecular flexibility index (Phi) is 3.23. The minimum absolute atomic E-state index is 0.786. The molecule has 1 aliphatic carbocycles. The number of nitrogens with zero attached hydrogens (tertiary/aromatic N) is 1. The van der Waals surface area contributed by atoms with Crippen molar-refractivity contribution in [3.63, 3.8) is 0 Å². The lowest BCUT2D eigenvalue weighted by Crippen LogP contribution is -2.41. The van der Waals surface area contributed by atoms with Crippen LogP contribution in [0, 0.1) is 11.8 Å². The maximum atomic E-state index is 5.72. The third-order valence-electron chi connectivity index (χ3n) is 3.68. The zero-order valence-electron chi connectivity index (χ0n) is 8.54. The first-order chi connectivity index (χ1) is 6.38. The van der Waals surface area contributed by atoms with Crippen molar-refractivity contribution in [3.8, 4) is 0 Å². The highest BCUT2D eigenvalue weighted by Crippen LogP contribution is 2.28. The van der Waals surface area contributed by atoms with Crippen LogP contribution >= 0.6 is 0 Å². The molecule has 1 aliphatic heterocycles. The first-order valence-electron chi connectivity index (χ1n) is 5.81. The van der Waals surface area contributed by atoms with Crippen molar-refractivity contribution in [1.29, 1.82) is 0 Å². The molecule has 0 aromatic rings. The molecule has 2 aliphatic rings. The Morgan fingerprint density at radius 3 is 2.46 bits per heavy atom. The normalized spacial score (nSPS) is 31.6. The lowest BCUT2D eigenvalue weighted by molar-refractivity contribution is 0.126. The smallest absolute Gasteiger partial charge is 0.00218 e. The van der Waals surface area contributed by atoms with Crippen LogP contribution in [0.5, 0.6) is 0 Å². The third-order valence-corrected chi connectivity index (χ3v) is 3.68. The van der Waals surface area contributed by atoms with E-state index >= 15 is 0 Å². The summed E-state index contributed by atoms with van der Waals surface area (Å²) in [6.45, 7) is 4.84. The molecule has 1 saturated heterocycles. The summed E-state index contributed by atoms with van der Waals surface area (Å²) in [5, 5.41) is 0. The van der Waals surface area contributed by atoms with E-state index in [9.17, 15) is 0 Å². The van der Waals surface area contributed by atoms with Gasteiger partial charge in [-0.2, -0.15) is 0 Å². The molecule has 1 saturated carbocycles. The second-order valence-electron chi connectivity index (χ2n) is 4.80. The van der Waals surface area contributed by atoms with Crippen molar-refractivity contribution in [1.82, 2.24) is 4.90 Å². The van der Waals surface area contributed by atoms with Crippen LogP contribution in [0.3, 0.4) is 0 Å². The minimum Gasteiger partial charge on any atom is -0.330 e. The monoisotopic (exact) mass is 182 g/mol. The van der Waals surface area contributed by atoms with Crippen LogP contribution in [0.4, 0.5) is 0 Å². The average Bonchev–Trinajstić information content (AvgIpc) is 2.12. The third kappa shape index (κ3) is 2.44. The van der Waals surface area contributed by atoms with E-state index in [2.05, 4.69) is 4.90 Å². The highest BCUT2D eigenvalue weighted by atomic mass is 15.1. The van der Waals surface area contributed by atoms with Crippen LogP contribution < -0.4 is 5.73 Å². The Labute approximate surface area is 81.5 Å². The molecule has 2 heteroatoms. The Balaban J connectivity index is 1.71. The highest BCUT2D eigenvalue weighted by molar-refractivity contribution is 4.78. The highest BCUT2D eigenvalue weighted by Gasteiger charge is 2.24. The van der Waals surface area contributed by atoms with E-state index in [-0.39, 0.29) is 0 Å². The molecule has 13 heavy (non-hydrogen) atoms. The first kappa shape index (κ1) is 9.47. The van der Waals surface area contributed by atoms with Crippen LogP contribution in [0.25, 0.3) is 0 Å². The quantitative estimate of drug-likeness (QED) is 0.716. The van der Waals surface area contributed by atoms with Crippen molar-refractivity contribution < 1.29 is 0 Å². The fraction of sp³-hybridized carbons (Fsp3) is 1.00. The molecular formula is C11H22N2. The maximum absolute atomic E-state index is 5.72. The number of rotatable bonds is 3. The van der Waals surface area contributed by atoms with Gasteiger partial charge in [0.15, 0.2) is 0 Å². The molecule has 2 rings (SSSR count). The molecule has 0 aromatic carbocycles. The van der Waals surface area contributed by atoms with Gasteiger partial charge in [-0.05, 0) is 50.6 Å². The van der Waals surface area contributed by atoms with Gasteiger partial charge in [0.2, 0.25) is 0 Å². The van der Waals surface area contributed by atoms with Gasteiger partial charge in [0.25, 0.3) is 0 Å². The van der Waals surface area contributed by atoms with E-state index in [1.165, 1.54) is 51.7 Å². The molecule has 2 nitrogen and oxygen atoms in total. The zero-order chi connectivity index (χ0) is 9.10. The van der Waals surface area contributed by atoms with E-state index in [4.69, 9.17) is 5.73 Å². The van der Waals surface area contributed by atoms with Gasteiger partial charge in [0.1, 0.15) is 0 Å². The minimum atomic E-state index is 0.786. The Bertz CT molecular complexity index is 152. The van der Waals surface area contributed by atoms with Crippen molar-refractivity contribution in [2.75, 3.05) is 26.2 Å². The summed E-state index contributed by atoms with van der Waals surface area (Å²) in [4.78, 5) is 2.64. The number of nitrogens with two attached hydrogens (primary N) is 1. The van der Waals surface area contributed by atoms with Gasteiger partial charge in [-0.1, -0.05) is 6.42 Å². The van der Waals surface area contributed by atoms with Gasteiger partial charge in [0.05, 0.1) is 0 Å². The molecule has 0 bridgehead atoms. The number of piperidine rings is 1. The van der Waals surface area contributed by atoms with Gasteiger partial charge in [0, 0.05) is 13.1 Å². The molecule has 76 valence electrons. The van der Waals surface area contributed by atoms with E-state index in [0.29, 0.717) is 0 Å². The fourth-order valence-electron chi connectivity index (χ4n) is 2.55. The average molecular weight is 182 g/mol. The Hall–Kier alpha value is -0.0800. The molecule has 1 heterocycles. The molecule has 0 radical (unpaired) electrons. The Morgan fingerprint density at radius 2 is 1.85 bits per heavy atom. The van der Waals surface area contributed by atoms with E-state index in [0.717, 1.165) is 18.4 Å². The second kappa shape index (κ2) is 4.43. The molecule has 0 amide bonds. The van der Waals surface area contributed by atoms with Crippen molar-refractivity contribution >= 4 is 0 Å². The van der Waals surface area contributed by atoms with E-state index < -0.39 is 0 Å². The zero-order valence-corrected chi connectivity index (χ0v) is 8.54. The first-order valence-corrected chi connectivity index (χ1v) is 5.81. The summed E-state index contributed by atoms with van der Waals surface area (Å²) in [6.07, 6.45) is 7.15. The van der Waals surface area contributed by atoms with E-state index in [1.807, 2.05) is 0 Å². The number of hydrogen-bond donors (Lipinski definition) is 1. The SMILES string of the molecule is NCC1CCCN(CC2CCC2)C1. The standard InChI is InChI=1S/C11H22N2/c12-7-11-5-2-6-13(9-11)8-10-3-1-4-10/h10-11H,1-9,12H2. The predicted molar refractivity (Wildman–Crippen MR) is 55.6 cm³/mol. The van der Waals surface area contributed by atoms with Gasteiger partial charge in [-0.25, -0.2) is 0 Å². The van der Waals surface area contributed by atoms with Crippen LogP contribution in [-0.4, -0.2) is 31.1 Å². The molecular weight excluding hydrogens is 160 g/mol. The van der Waals surface area contributed by atoms with Crippen LogP contribution in [-0.2, 0) is 0 Å². The van der Waals surface area contributed by atoms with Gasteiger partial charge in [-0.15, -0.1) is 0 Å². The molecule has 1 unspecified atom stereocenters. The summed E-state index contributed by atoms with van der Waals surface area (Å²) in [5.41, 5.74) is 5.72. The summed E-state index contributed by atoms with van der Waals surface area (Å²) >= 11 is 0. The lowest BCUT2D eigenvalue weighted by atomic mass is 9.84. The van der Waals surface area contributed by atoms with Gasteiger partial charge >= 0.3 is 0 Å². The predicted octanol–water partition coefficient (Wildman–Crippen LogP) is 1.46. The Morgan fingerprint density at radius 1 is 1.08 bits per heavy atom. The largest absolute Gasteiger partial charge is 0.330 e. The summed E-state index contributed by atoms with van der Waals surface area (Å²) < 4.78 is 0. The summed E-state index contributed by atoms with van der Waals surface area (Å²) in [5.74, 6) is 1.81.